The molecule has 84 valence electrons. The van der Waals surface area contributed by atoms with Crippen molar-refractivity contribution < 1.29 is 14.7 Å². The molecule has 16 heavy (non-hydrogen) atoms. The summed E-state index contributed by atoms with van der Waals surface area (Å²) in [5, 5.41) is 11.6. The number of fused-ring (bicyclic) bond motifs is 1. The molecule has 0 aromatic heterocycles. The normalized spacial score (nSPS) is 22.3. The number of anilines is 1. The lowest BCUT2D eigenvalue weighted by molar-refractivity contribution is -0.119. The van der Waals surface area contributed by atoms with Crippen molar-refractivity contribution in [3.05, 3.63) is 23.8 Å². The maximum absolute atomic E-state index is 11.1. The van der Waals surface area contributed by atoms with Gasteiger partial charge in [0.1, 0.15) is 0 Å². The van der Waals surface area contributed by atoms with Crippen LogP contribution < -0.4 is 16.8 Å². The second kappa shape index (κ2) is 3.39. The number of thioether (sulfide) groups is 1. The SMILES string of the molecule is NC(=O)[C@@]1(N)Nc2ccc(C(=O)O)cc2S1. The minimum Gasteiger partial charge on any atom is -0.478 e. The van der Waals surface area contributed by atoms with Gasteiger partial charge in [0.15, 0.2) is 0 Å². The molecule has 0 spiro atoms. The monoisotopic (exact) mass is 239 g/mol. The van der Waals surface area contributed by atoms with Gasteiger partial charge < -0.3 is 16.2 Å². The van der Waals surface area contributed by atoms with Crippen LogP contribution in [0.3, 0.4) is 0 Å². The van der Waals surface area contributed by atoms with Crippen LogP contribution in [0.2, 0.25) is 0 Å². The molecule has 1 aliphatic rings. The Balaban J connectivity index is 2.38. The molecule has 1 atom stereocenters. The molecule has 0 saturated heterocycles. The number of nitrogens with one attached hydrogen (secondary N) is 1. The van der Waals surface area contributed by atoms with Crippen molar-refractivity contribution in [1.29, 1.82) is 0 Å². The van der Waals surface area contributed by atoms with Crippen LogP contribution in [0.5, 0.6) is 0 Å². The topological polar surface area (TPSA) is 118 Å². The summed E-state index contributed by atoms with van der Waals surface area (Å²) >= 11 is 1.01. The van der Waals surface area contributed by atoms with Gasteiger partial charge in [-0.25, -0.2) is 4.79 Å². The zero-order valence-electron chi connectivity index (χ0n) is 8.06. The quantitative estimate of drug-likeness (QED) is 0.577. The molecule has 0 bridgehead atoms. The number of carbonyl (C=O) groups is 2. The maximum Gasteiger partial charge on any atom is 0.335 e. The van der Waals surface area contributed by atoms with Gasteiger partial charge in [0.2, 0.25) is 4.99 Å². The second-order valence-electron chi connectivity index (χ2n) is 3.34. The molecule has 1 aromatic rings. The van der Waals surface area contributed by atoms with E-state index < -0.39 is 16.9 Å². The van der Waals surface area contributed by atoms with Gasteiger partial charge in [-0.15, -0.1) is 0 Å². The molecule has 1 aromatic carbocycles. The number of nitrogens with two attached hydrogens (primary N) is 2. The lowest BCUT2D eigenvalue weighted by Crippen LogP contribution is -2.53. The van der Waals surface area contributed by atoms with E-state index in [4.69, 9.17) is 16.6 Å². The molecular weight excluding hydrogens is 230 g/mol. The zero-order valence-corrected chi connectivity index (χ0v) is 8.88. The number of amides is 1. The minimum absolute atomic E-state index is 0.141. The number of carbonyl (C=O) groups excluding carboxylic acids is 1. The summed E-state index contributed by atoms with van der Waals surface area (Å²) in [5.74, 6) is -1.73. The Hall–Kier alpha value is -1.73. The third-order valence-corrected chi connectivity index (χ3v) is 3.37. The smallest absolute Gasteiger partial charge is 0.335 e. The second-order valence-corrected chi connectivity index (χ2v) is 4.63. The highest BCUT2D eigenvalue weighted by Crippen LogP contribution is 2.42. The number of hydrogen-bond acceptors (Lipinski definition) is 5. The molecule has 6 nitrogen and oxygen atoms in total. The van der Waals surface area contributed by atoms with Crippen LogP contribution in [0.4, 0.5) is 5.69 Å². The van der Waals surface area contributed by atoms with Gasteiger partial charge >= 0.3 is 5.97 Å². The third-order valence-electron chi connectivity index (χ3n) is 2.19. The number of hydrogen-bond donors (Lipinski definition) is 4. The molecule has 0 fully saturated rings. The fourth-order valence-corrected chi connectivity index (χ4v) is 2.38. The van der Waals surface area contributed by atoms with E-state index in [1.165, 1.54) is 12.1 Å². The molecule has 6 N–H and O–H groups in total. The van der Waals surface area contributed by atoms with Crippen LogP contribution in [-0.4, -0.2) is 22.0 Å². The average molecular weight is 239 g/mol. The number of rotatable bonds is 2. The van der Waals surface area contributed by atoms with Gasteiger partial charge in [0.05, 0.1) is 11.3 Å². The van der Waals surface area contributed by atoms with Crippen molar-refractivity contribution in [2.45, 2.75) is 9.89 Å². The van der Waals surface area contributed by atoms with E-state index in [1.54, 1.807) is 6.07 Å². The highest BCUT2D eigenvalue weighted by atomic mass is 32.2. The Morgan fingerprint density at radius 3 is 2.69 bits per heavy atom. The molecule has 1 aliphatic heterocycles. The van der Waals surface area contributed by atoms with Gasteiger partial charge in [-0.2, -0.15) is 0 Å². The molecule has 7 heteroatoms. The Morgan fingerprint density at radius 2 is 2.12 bits per heavy atom. The summed E-state index contributed by atoms with van der Waals surface area (Å²) in [6.07, 6.45) is 0. The number of primary amides is 1. The Bertz CT molecular complexity index is 491. The van der Waals surface area contributed by atoms with Crippen LogP contribution in [-0.2, 0) is 4.79 Å². The first-order valence-corrected chi connectivity index (χ1v) is 5.17. The molecular formula is C9H9N3O3S. The van der Waals surface area contributed by atoms with E-state index in [-0.39, 0.29) is 5.56 Å². The van der Waals surface area contributed by atoms with Gasteiger partial charge in [-0.05, 0) is 18.2 Å². The molecule has 0 aliphatic carbocycles. The van der Waals surface area contributed by atoms with E-state index >= 15 is 0 Å². The lowest BCUT2D eigenvalue weighted by Gasteiger charge is -2.18. The predicted molar refractivity (Wildman–Crippen MR) is 59.0 cm³/mol. The number of aromatic carboxylic acids is 1. The molecule has 2 rings (SSSR count). The standard InChI is InChI=1S/C9H9N3O3S/c10-8(15)9(11)12-5-2-1-4(7(13)14)3-6(5)16-9/h1-3,12H,11H2,(H2,10,15)(H,13,14)/t9-/m1/s1. The summed E-state index contributed by atoms with van der Waals surface area (Å²) in [5.41, 5.74) is 11.6. The zero-order chi connectivity index (χ0) is 11.9. The minimum atomic E-state index is -1.40. The van der Waals surface area contributed by atoms with Crippen molar-refractivity contribution in [2.24, 2.45) is 11.5 Å². The first-order valence-electron chi connectivity index (χ1n) is 4.36. The van der Waals surface area contributed by atoms with Crippen molar-refractivity contribution >= 4 is 29.3 Å². The first kappa shape index (κ1) is 10.8. The Morgan fingerprint density at radius 1 is 1.44 bits per heavy atom. The molecule has 0 unspecified atom stereocenters. The highest BCUT2D eigenvalue weighted by Gasteiger charge is 2.39. The average Bonchev–Trinajstić information content (AvgIpc) is 2.54. The fraction of sp³-hybridized carbons (Fsp3) is 0.111. The van der Waals surface area contributed by atoms with Crippen LogP contribution in [0.25, 0.3) is 0 Å². The summed E-state index contributed by atoms with van der Waals surface area (Å²) in [4.78, 5) is 21.0. The highest BCUT2D eigenvalue weighted by molar-refractivity contribution is 8.02. The Kier molecular flexibility index (Phi) is 2.28. The van der Waals surface area contributed by atoms with E-state index in [9.17, 15) is 9.59 Å². The predicted octanol–water partition coefficient (Wildman–Crippen LogP) is 0.000200. The number of carboxylic acids is 1. The van der Waals surface area contributed by atoms with Crippen molar-refractivity contribution in [1.82, 2.24) is 0 Å². The Labute approximate surface area is 95.0 Å². The molecule has 1 heterocycles. The largest absolute Gasteiger partial charge is 0.478 e. The lowest BCUT2D eigenvalue weighted by atomic mass is 10.2. The van der Waals surface area contributed by atoms with Crippen molar-refractivity contribution in [3.8, 4) is 0 Å². The molecule has 0 radical (unpaired) electrons. The summed E-state index contributed by atoms with van der Waals surface area (Å²) in [6, 6.07) is 4.44. The molecule has 0 saturated carbocycles. The maximum atomic E-state index is 11.1. The van der Waals surface area contributed by atoms with Crippen LogP contribution >= 0.6 is 11.8 Å². The van der Waals surface area contributed by atoms with E-state index in [1.807, 2.05) is 0 Å². The van der Waals surface area contributed by atoms with Gasteiger partial charge in [0, 0.05) is 4.90 Å². The summed E-state index contributed by atoms with van der Waals surface area (Å²) in [7, 11) is 0. The van der Waals surface area contributed by atoms with Gasteiger partial charge in [0.25, 0.3) is 5.91 Å². The fourth-order valence-electron chi connectivity index (χ4n) is 1.35. The third kappa shape index (κ3) is 1.59. The van der Waals surface area contributed by atoms with Gasteiger partial charge in [-0.1, -0.05) is 11.8 Å². The van der Waals surface area contributed by atoms with Crippen molar-refractivity contribution in [2.75, 3.05) is 5.32 Å². The summed E-state index contributed by atoms with van der Waals surface area (Å²) < 4.78 is 0. The van der Waals surface area contributed by atoms with E-state index in [0.717, 1.165) is 11.8 Å². The first-order chi connectivity index (χ1) is 7.42. The molecule has 1 amide bonds. The van der Waals surface area contributed by atoms with Gasteiger partial charge in [-0.3, -0.25) is 10.5 Å². The van der Waals surface area contributed by atoms with Crippen LogP contribution in [0.1, 0.15) is 10.4 Å². The number of benzene rings is 1. The van der Waals surface area contributed by atoms with E-state index in [2.05, 4.69) is 5.32 Å². The van der Waals surface area contributed by atoms with Crippen LogP contribution in [0, 0.1) is 0 Å². The summed E-state index contributed by atoms with van der Waals surface area (Å²) in [6.45, 7) is 0. The van der Waals surface area contributed by atoms with Crippen LogP contribution in [0.15, 0.2) is 23.1 Å². The van der Waals surface area contributed by atoms with Crippen molar-refractivity contribution in [3.63, 3.8) is 0 Å². The number of carboxylic acid groups (broad SMARTS) is 1. The van der Waals surface area contributed by atoms with E-state index in [0.29, 0.717) is 10.6 Å².